The van der Waals surface area contributed by atoms with Crippen molar-refractivity contribution in [3.05, 3.63) is 46.1 Å². The van der Waals surface area contributed by atoms with Crippen molar-refractivity contribution in [3.63, 3.8) is 0 Å². The molecule has 7 heteroatoms. The molecule has 7 nitrogen and oxygen atoms in total. The van der Waals surface area contributed by atoms with Gasteiger partial charge < -0.3 is 9.64 Å². The smallest absolute Gasteiger partial charge is 0.345 e. The van der Waals surface area contributed by atoms with Crippen LogP contribution in [0.5, 0.6) is 5.75 Å². The van der Waals surface area contributed by atoms with Gasteiger partial charge in [0.15, 0.2) is 0 Å². The van der Waals surface area contributed by atoms with E-state index in [1.807, 2.05) is 36.1 Å². The minimum Gasteiger partial charge on any atom is -0.496 e. The van der Waals surface area contributed by atoms with E-state index in [2.05, 4.69) is 5.10 Å². The summed E-state index contributed by atoms with van der Waals surface area (Å²) in [6.07, 6.45) is 3.90. The van der Waals surface area contributed by atoms with Gasteiger partial charge in [-0.3, -0.25) is 9.36 Å². The number of carbonyl (C=O) groups excluding carboxylic acids is 1. The van der Waals surface area contributed by atoms with E-state index in [1.165, 1.54) is 4.68 Å². The van der Waals surface area contributed by atoms with Gasteiger partial charge in [-0.1, -0.05) is 18.2 Å². The number of hydrogen-bond donors (Lipinski definition) is 0. The third-order valence-electron chi connectivity index (χ3n) is 5.64. The predicted molar refractivity (Wildman–Crippen MR) is 107 cm³/mol. The molecule has 1 aromatic carbocycles. The molecule has 0 unspecified atom stereocenters. The predicted octanol–water partition coefficient (Wildman–Crippen LogP) is 2.02. The Morgan fingerprint density at radius 2 is 1.96 bits per heavy atom. The number of para-hydroxylation sites is 1. The Hall–Kier alpha value is -2.57. The minimum atomic E-state index is -0.0542. The molecule has 0 atom stereocenters. The number of benzene rings is 1. The third kappa shape index (κ3) is 4.46. The summed E-state index contributed by atoms with van der Waals surface area (Å²) in [7, 11) is 3.35. The lowest BCUT2D eigenvalue weighted by molar-refractivity contribution is -0.132. The molecule has 0 radical (unpaired) electrons. The van der Waals surface area contributed by atoms with E-state index in [4.69, 9.17) is 4.74 Å². The number of aryl methyl sites for hydroxylation is 2. The Morgan fingerprint density at radius 1 is 1.25 bits per heavy atom. The normalized spacial score (nSPS) is 15.0. The lowest BCUT2D eigenvalue weighted by Gasteiger charge is -2.32. The molecule has 0 aliphatic carbocycles. The minimum absolute atomic E-state index is 0.0542. The highest BCUT2D eigenvalue weighted by Gasteiger charge is 2.24. The van der Waals surface area contributed by atoms with Crippen molar-refractivity contribution >= 4 is 5.91 Å². The highest BCUT2D eigenvalue weighted by Crippen LogP contribution is 2.23. The summed E-state index contributed by atoms with van der Waals surface area (Å²) in [5.41, 5.74) is 1.02. The van der Waals surface area contributed by atoms with Crippen LogP contribution >= 0.6 is 0 Å². The van der Waals surface area contributed by atoms with Crippen LogP contribution in [0.15, 0.2) is 29.1 Å². The summed E-state index contributed by atoms with van der Waals surface area (Å²) < 4.78 is 8.52. The standard InChI is InChI=1S/C21H30N4O3/c1-4-25-19(22-23(2)21(25)27)15-16-11-13-24(14-12-16)20(26)10-9-17-7-5-6-8-18(17)28-3/h5-8,16H,4,9-15H2,1-3H3. The van der Waals surface area contributed by atoms with Crippen LogP contribution in [0, 0.1) is 5.92 Å². The first-order valence-electron chi connectivity index (χ1n) is 10.1. The van der Waals surface area contributed by atoms with Crippen LogP contribution in [-0.2, 0) is 31.2 Å². The number of hydrogen-bond acceptors (Lipinski definition) is 4. The van der Waals surface area contributed by atoms with Gasteiger partial charge in [-0.05, 0) is 43.7 Å². The average Bonchev–Trinajstić information content (AvgIpc) is 2.99. The maximum Gasteiger partial charge on any atom is 0.345 e. The summed E-state index contributed by atoms with van der Waals surface area (Å²) in [4.78, 5) is 26.6. The molecule has 2 aromatic rings. The Balaban J connectivity index is 1.50. The number of nitrogens with zero attached hydrogens (tertiary/aromatic N) is 4. The molecule has 2 heterocycles. The molecule has 1 fully saturated rings. The van der Waals surface area contributed by atoms with Gasteiger partial charge in [-0.2, -0.15) is 5.10 Å². The topological polar surface area (TPSA) is 69.4 Å². The lowest BCUT2D eigenvalue weighted by atomic mass is 9.93. The largest absolute Gasteiger partial charge is 0.496 e. The average molecular weight is 386 g/mol. The fourth-order valence-corrected chi connectivity index (χ4v) is 3.98. The number of methoxy groups -OCH3 is 1. The van der Waals surface area contributed by atoms with Gasteiger partial charge >= 0.3 is 5.69 Å². The molecule has 0 saturated carbocycles. The van der Waals surface area contributed by atoms with Crippen LogP contribution in [0.25, 0.3) is 0 Å². The highest BCUT2D eigenvalue weighted by atomic mass is 16.5. The van der Waals surface area contributed by atoms with Crippen LogP contribution in [0.4, 0.5) is 0 Å². The van der Waals surface area contributed by atoms with Crippen molar-refractivity contribution in [2.45, 2.75) is 45.6 Å². The van der Waals surface area contributed by atoms with E-state index < -0.39 is 0 Å². The molecule has 152 valence electrons. The first-order chi connectivity index (χ1) is 13.5. The zero-order valence-electron chi connectivity index (χ0n) is 17.1. The van der Waals surface area contributed by atoms with Crippen LogP contribution in [-0.4, -0.2) is 45.4 Å². The Kier molecular flexibility index (Phi) is 6.54. The van der Waals surface area contributed by atoms with Gasteiger partial charge in [0.1, 0.15) is 11.6 Å². The van der Waals surface area contributed by atoms with Gasteiger partial charge in [-0.25, -0.2) is 9.48 Å². The monoisotopic (exact) mass is 386 g/mol. The van der Waals surface area contributed by atoms with Gasteiger partial charge in [0.05, 0.1) is 7.11 Å². The van der Waals surface area contributed by atoms with Crippen molar-refractivity contribution in [2.75, 3.05) is 20.2 Å². The van der Waals surface area contributed by atoms with Gasteiger partial charge in [-0.15, -0.1) is 0 Å². The number of ether oxygens (including phenoxy) is 1. The van der Waals surface area contributed by atoms with E-state index in [-0.39, 0.29) is 11.6 Å². The van der Waals surface area contributed by atoms with E-state index in [0.29, 0.717) is 25.3 Å². The van der Waals surface area contributed by atoms with Crippen molar-refractivity contribution < 1.29 is 9.53 Å². The van der Waals surface area contributed by atoms with Crippen LogP contribution in [0.3, 0.4) is 0 Å². The molecule has 1 amide bonds. The quantitative estimate of drug-likeness (QED) is 0.730. The first kappa shape index (κ1) is 20.2. The number of carbonyl (C=O) groups is 1. The molecular formula is C21H30N4O3. The number of aromatic nitrogens is 3. The molecule has 1 saturated heterocycles. The number of piperidine rings is 1. The van der Waals surface area contributed by atoms with E-state index in [9.17, 15) is 9.59 Å². The summed E-state index contributed by atoms with van der Waals surface area (Å²) in [5.74, 6) is 2.36. The third-order valence-corrected chi connectivity index (χ3v) is 5.64. The van der Waals surface area contributed by atoms with Crippen LogP contribution in [0.2, 0.25) is 0 Å². The van der Waals surface area contributed by atoms with Gasteiger partial charge in [0.25, 0.3) is 0 Å². The van der Waals surface area contributed by atoms with Gasteiger partial charge in [0.2, 0.25) is 5.91 Å². The molecule has 1 aliphatic rings. The van der Waals surface area contributed by atoms with Crippen molar-refractivity contribution in [1.29, 1.82) is 0 Å². The molecular weight excluding hydrogens is 356 g/mol. The van der Waals surface area contributed by atoms with E-state index in [1.54, 1.807) is 18.7 Å². The second-order valence-electron chi connectivity index (χ2n) is 7.41. The number of amides is 1. The summed E-state index contributed by atoms with van der Waals surface area (Å²) in [6, 6.07) is 7.85. The number of rotatable bonds is 7. The Labute approximate surface area is 165 Å². The fraction of sp³-hybridized carbons (Fsp3) is 0.571. The van der Waals surface area contributed by atoms with Crippen LogP contribution in [0.1, 0.15) is 37.6 Å². The lowest BCUT2D eigenvalue weighted by Crippen LogP contribution is -2.39. The summed E-state index contributed by atoms with van der Waals surface area (Å²) >= 11 is 0. The Morgan fingerprint density at radius 3 is 2.64 bits per heavy atom. The van der Waals surface area contributed by atoms with E-state index in [0.717, 1.165) is 49.5 Å². The molecule has 0 bridgehead atoms. The van der Waals surface area contributed by atoms with Crippen molar-refractivity contribution in [1.82, 2.24) is 19.2 Å². The fourth-order valence-electron chi connectivity index (χ4n) is 3.98. The molecule has 0 N–H and O–H groups in total. The molecule has 0 spiro atoms. The highest BCUT2D eigenvalue weighted by molar-refractivity contribution is 5.76. The van der Waals surface area contributed by atoms with Crippen molar-refractivity contribution in [2.24, 2.45) is 13.0 Å². The zero-order chi connectivity index (χ0) is 20.1. The maximum absolute atomic E-state index is 12.6. The van der Waals surface area contributed by atoms with Gasteiger partial charge in [0, 0.05) is 39.5 Å². The second kappa shape index (κ2) is 9.08. The molecule has 28 heavy (non-hydrogen) atoms. The van der Waals surface area contributed by atoms with Crippen molar-refractivity contribution in [3.8, 4) is 5.75 Å². The summed E-state index contributed by atoms with van der Waals surface area (Å²) in [6.45, 7) is 4.16. The van der Waals surface area contributed by atoms with E-state index >= 15 is 0 Å². The molecule has 3 rings (SSSR count). The molecule has 1 aliphatic heterocycles. The van der Waals surface area contributed by atoms with Crippen LogP contribution < -0.4 is 10.4 Å². The Bertz CT molecular complexity index is 863. The zero-order valence-corrected chi connectivity index (χ0v) is 17.1. The molecule has 1 aromatic heterocycles. The maximum atomic E-state index is 12.6. The summed E-state index contributed by atoms with van der Waals surface area (Å²) in [5, 5.41) is 4.38. The second-order valence-corrected chi connectivity index (χ2v) is 7.41. The number of likely N-dealkylation sites (tertiary alicyclic amines) is 1. The first-order valence-corrected chi connectivity index (χ1v) is 10.1. The SMILES string of the molecule is CCn1c(CC2CCN(C(=O)CCc3ccccc3OC)CC2)nn(C)c1=O.